The molecule has 0 saturated heterocycles. The SMILES string of the molecule is CCC(F)(CC)Oc1ccc(-n2cc(C)c(C)n2)cc1. The summed E-state index contributed by atoms with van der Waals surface area (Å²) in [5.41, 5.74) is 3.08. The average molecular weight is 276 g/mol. The summed E-state index contributed by atoms with van der Waals surface area (Å²) < 4.78 is 21.4. The predicted molar refractivity (Wildman–Crippen MR) is 78.1 cm³/mol. The highest BCUT2D eigenvalue weighted by Crippen LogP contribution is 2.26. The monoisotopic (exact) mass is 276 g/mol. The molecule has 0 spiro atoms. The molecule has 0 aliphatic carbocycles. The zero-order valence-corrected chi connectivity index (χ0v) is 12.5. The third-order valence-corrected chi connectivity index (χ3v) is 3.60. The highest BCUT2D eigenvalue weighted by atomic mass is 19.2. The van der Waals surface area contributed by atoms with Crippen LogP contribution in [0.4, 0.5) is 4.39 Å². The van der Waals surface area contributed by atoms with E-state index in [2.05, 4.69) is 5.10 Å². The van der Waals surface area contributed by atoms with Crippen molar-refractivity contribution in [3.63, 3.8) is 0 Å². The number of ether oxygens (including phenoxy) is 1. The number of hydrogen-bond acceptors (Lipinski definition) is 2. The highest BCUT2D eigenvalue weighted by Gasteiger charge is 2.26. The van der Waals surface area contributed by atoms with Crippen LogP contribution in [0.5, 0.6) is 5.75 Å². The molecule has 0 aliphatic heterocycles. The van der Waals surface area contributed by atoms with Gasteiger partial charge in [-0.1, -0.05) is 13.8 Å². The van der Waals surface area contributed by atoms with E-state index in [-0.39, 0.29) is 0 Å². The van der Waals surface area contributed by atoms with Gasteiger partial charge in [-0.3, -0.25) is 0 Å². The summed E-state index contributed by atoms with van der Waals surface area (Å²) in [6.07, 6.45) is 2.65. The molecule has 0 saturated carbocycles. The molecule has 0 radical (unpaired) electrons. The topological polar surface area (TPSA) is 27.1 Å². The van der Waals surface area contributed by atoms with E-state index < -0.39 is 5.85 Å². The van der Waals surface area contributed by atoms with Gasteiger partial charge in [0.05, 0.1) is 11.4 Å². The van der Waals surface area contributed by atoms with Crippen molar-refractivity contribution in [3.8, 4) is 11.4 Å². The predicted octanol–water partition coefficient (Wildman–Crippen LogP) is 4.35. The third-order valence-electron chi connectivity index (χ3n) is 3.60. The lowest BCUT2D eigenvalue weighted by Crippen LogP contribution is -2.28. The summed E-state index contributed by atoms with van der Waals surface area (Å²) in [6, 6.07) is 7.32. The van der Waals surface area contributed by atoms with Gasteiger partial charge < -0.3 is 4.74 Å². The average Bonchev–Trinajstić information content (AvgIpc) is 2.79. The lowest BCUT2D eigenvalue weighted by atomic mass is 10.2. The van der Waals surface area contributed by atoms with Crippen molar-refractivity contribution < 1.29 is 9.13 Å². The van der Waals surface area contributed by atoms with Crippen molar-refractivity contribution >= 4 is 0 Å². The zero-order valence-electron chi connectivity index (χ0n) is 12.5. The van der Waals surface area contributed by atoms with Gasteiger partial charge in [0, 0.05) is 19.0 Å². The van der Waals surface area contributed by atoms with Crippen molar-refractivity contribution in [2.45, 2.75) is 46.4 Å². The van der Waals surface area contributed by atoms with Gasteiger partial charge in [-0.2, -0.15) is 9.49 Å². The first-order chi connectivity index (χ1) is 9.47. The number of alkyl halides is 1. The van der Waals surface area contributed by atoms with Gasteiger partial charge in [-0.05, 0) is 43.7 Å². The maximum absolute atomic E-state index is 14.2. The van der Waals surface area contributed by atoms with Gasteiger partial charge in [0.15, 0.2) is 0 Å². The molecule has 1 aromatic carbocycles. The van der Waals surface area contributed by atoms with E-state index in [0.29, 0.717) is 18.6 Å². The number of hydrogen-bond donors (Lipinski definition) is 0. The van der Waals surface area contributed by atoms with E-state index in [1.165, 1.54) is 0 Å². The molecule has 20 heavy (non-hydrogen) atoms. The molecule has 0 fully saturated rings. The molecular weight excluding hydrogens is 255 g/mol. The Morgan fingerprint density at radius 1 is 1.15 bits per heavy atom. The Kier molecular flexibility index (Phi) is 4.12. The van der Waals surface area contributed by atoms with E-state index in [1.807, 2.05) is 36.9 Å². The van der Waals surface area contributed by atoms with Crippen molar-refractivity contribution in [3.05, 3.63) is 41.7 Å². The molecular formula is C16H21FN2O. The standard InChI is InChI=1S/C16H21FN2O/c1-5-16(17,6-2)20-15-9-7-14(8-10-15)19-11-12(3)13(4)18-19/h7-11H,5-6H2,1-4H3. The van der Waals surface area contributed by atoms with Crippen LogP contribution in [0.15, 0.2) is 30.5 Å². The Hall–Kier alpha value is -1.84. The van der Waals surface area contributed by atoms with Gasteiger partial charge >= 0.3 is 0 Å². The summed E-state index contributed by atoms with van der Waals surface area (Å²) in [5, 5.41) is 4.42. The number of nitrogens with zero attached hydrogens (tertiary/aromatic N) is 2. The normalized spacial score (nSPS) is 11.7. The number of halogens is 1. The molecule has 0 unspecified atom stereocenters. The first-order valence-electron chi connectivity index (χ1n) is 6.98. The highest BCUT2D eigenvalue weighted by molar-refractivity contribution is 5.37. The number of aromatic nitrogens is 2. The minimum absolute atomic E-state index is 0.336. The third kappa shape index (κ3) is 3.00. The number of benzene rings is 1. The van der Waals surface area contributed by atoms with E-state index >= 15 is 0 Å². The lowest BCUT2D eigenvalue weighted by molar-refractivity contribution is -0.0679. The van der Waals surface area contributed by atoms with E-state index in [9.17, 15) is 4.39 Å². The fraction of sp³-hybridized carbons (Fsp3) is 0.438. The van der Waals surface area contributed by atoms with Crippen LogP contribution < -0.4 is 4.74 Å². The Morgan fingerprint density at radius 3 is 2.20 bits per heavy atom. The maximum atomic E-state index is 14.2. The Bertz CT molecular complexity index is 551. The molecule has 2 aromatic rings. The van der Waals surface area contributed by atoms with Crippen molar-refractivity contribution in [2.24, 2.45) is 0 Å². The molecule has 2 rings (SSSR count). The van der Waals surface area contributed by atoms with E-state index in [0.717, 1.165) is 16.9 Å². The van der Waals surface area contributed by atoms with Crippen LogP contribution in [-0.4, -0.2) is 15.6 Å². The van der Waals surface area contributed by atoms with Crippen molar-refractivity contribution in [1.82, 2.24) is 9.78 Å². The Labute approximate surface area is 119 Å². The molecule has 1 aromatic heterocycles. The van der Waals surface area contributed by atoms with Gasteiger partial charge in [0.2, 0.25) is 5.85 Å². The summed E-state index contributed by atoms with van der Waals surface area (Å²) in [6.45, 7) is 7.57. The number of aryl methyl sites for hydroxylation is 2. The molecule has 1 heterocycles. The quantitative estimate of drug-likeness (QED) is 0.811. The van der Waals surface area contributed by atoms with Crippen LogP contribution in [0.1, 0.15) is 37.9 Å². The second kappa shape index (κ2) is 5.65. The molecule has 0 aliphatic rings. The fourth-order valence-electron chi connectivity index (χ4n) is 1.95. The van der Waals surface area contributed by atoms with Crippen LogP contribution in [0.2, 0.25) is 0 Å². The van der Waals surface area contributed by atoms with Crippen molar-refractivity contribution in [1.29, 1.82) is 0 Å². The van der Waals surface area contributed by atoms with Crippen LogP contribution in [-0.2, 0) is 0 Å². The zero-order chi connectivity index (χ0) is 14.8. The maximum Gasteiger partial charge on any atom is 0.247 e. The molecule has 108 valence electrons. The van der Waals surface area contributed by atoms with Gasteiger partial charge in [-0.25, -0.2) is 4.68 Å². The van der Waals surface area contributed by atoms with Crippen LogP contribution in [0.25, 0.3) is 5.69 Å². The second-order valence-corrected chi connectivity index (χ2v) is 5.03. The fourth-order valence-corrected chi connectivity index (χ4v) is 1.95. The molecule has 3 nitrogen and oxygen atoms in total. The van der Waals surface area contributed by atoms with Gasteiger partial charge in [0.1, 0.15) is 5.75 Å². The Morgan fingerprint density at radius 2 is 1.75 bits per heavy atom. The number of rotatable bonds is 5. The lowest BCUT2D eigenvalue weighted by Gasteiger charge is -2.23. The van der Waals surface area contributed by atoms with Gasteiger partial charge in [-0.15, -0.1) is 0 Å². The first-order valence-corrected chi connectivity index (χ1v) is 6.98. The van der Waals surface area contributed by atoms with Crippen molar-refractivity contribution in [2.75, 3.05) is 0 Å². The minimum Gasteiger partial charge on any atom is -0.458 e. The molecule has 0 bridgehead atoms. The van der Waals surface area contributed by atoms with E-state index in [4.69, 9.17) is 4.74 Å². The minimum atomic E-state index is -1.58. The van der Waals surface area contributed by atoms with Crippen LogP contribution >= 0.6 is 0 Å². The molecule has 4 heteroatoms. The summed E-state index contributed by atoms with van der Waals surface area (Å²) in [7, 11) is 0. The largest absolute Gasteiger partial charge is 0.458 e. The van der Waals surface area contributed by atoms with E-state index in [1.54, 1.807) is 26.0 Å². The first kappa shape index (κ1) is 14.6. The summed E-state index contributed by atoms with van der Waals surface area (Å²) >= 11 is 0. The van der Waals surface area contributed by atoms with Gasteiger partial charge in [0.25, 0.3) is 0 Å². The summed E-state index contributed by atoms with van der Waals surface area (Å²) in [5.74, 6) is -1.04. The smallest absolute Gasteiger partial charge is 0.247 e. The van der Waals surface area contributed by atoms with Crippen LogP contribution in [0, 0.1) is 13.8 Å². The molecule has 0 amide bonds. The van der Waals surface area contributed by atoms with Crippen LogP contribution in [0.3, 0.4) is 0 Å². The summed E-state index contributed by atoms with van der Waals surface area (Å²) in [4.78, 5) is 0. The molecule has 0 N–H and O–H groups in total. The Balaban J connectivity index is 2.18. The molecule has 0 atom stereocenters. The second-order valence-electron chi connectivity index (χ2n) is 5.03.